The zero-order valence-corrected chi connectivity index (χ0v) is 19.4. The zero-order valence-electron chi connectivity index (χ0n) is 18.6. The fraction of sp³-hybridized carbons (Fsp3) is 0.208. The number of aromatic amines is 1. The third kappa shape index (κ3) is 3.58. The Kier molecular flexibility index (Phi) is 4.82. The Morgan fingerprint density at radius 2 is 1.85 bits per heavy atom. The molecule has 0 amide bonds. The molecule has 3 aromatic heterocycles. The summed E-state index contributed by atoms with van der Waals surface area (Å²) in [6.45, 7) is 5.93. The van der Waals surface area contributed by atoms with E-state index in [2.05, 4.69) is 20.2 Å². The first kappa shape index (κ1) is 21.3. The standard InChI is InChI=1S/C24H22FN5O2S/c1-13(2)30-14(3)27-23-20(25)10-16(11-21(23)30)22-19-9-17(12-26-24(19)29-28-22)15-6-5-7-18(8-15)33(4,31)32/h5-13H,1-4H3,(H,26,28,29). The van der Waals surface area contributed by atoms with Crippen LogP contribution < -0.4 is 0 Å². The van der Waals surface area contributed by atoms with E-state index in [1.165, 1.54) is 12.3 Å². The van der Waals surface area contributed by atoms with Crippen LogP contribution in [0, 0.1) is 12.7 Å². The number of nitrogens with zero attached hydrogens (tertiary/aromatic N) is 4. The van der Waals surface area contributed by atoms with Gasteiger partial charge in [-0.15, -0.1) is 0 Å². The summed E-state index contributed by atoms with van der Waals surface area (Å²) < 4.78 is 41.0. The van der Waals surface area contributed by atoms with Crippen molar-refractivity contribution in [2.75, 3.05) is 6.26 Å². The summed E-state index contributed by atoms with van der Waals surface area (Å²) in [7, 11) is -3.34. The maximum absolute atomic E-state index is 15.0. The van der Waals surface area contributed by atoms with Gasteiger partial charge in [-0.1, -0.05) is 12.1 Å². The number of hydrogen-bond acceptors (Lipinski definition) is 5. The van der Waals surface area contributed by atoms with Crippen molar-refractivity contribution in [3.05, 3.63) is 60.3 Å². The van der Waals surface area contributed by atoms with E-state index in [9.17, 15) is 8.42 Å². The zero-order chi connectivity index (χ0) is 23.5. The lowest BCUT2D eigenvalue weighted by Crippen LogP contribution is -2.02. The molecule has 3 heterocycles. The molecule has 1 N–H and O–H groups in total. The van der Waals surface area contributed by atoms with Crippen molar-refractivity contribution in [3.8, 4) is 22.4 Å². The third-order valence-corrected chi connectivity index (χ3v) is 6.85. The molecule has 7 nitrogen and oxygen atoms in total. The lowest BCUT2D eigenvalue weighted by Gasteiger charge is -2.11. The lowest BCUT2D eigenvalue weighted by atomic mass is 10.0. The molecule has 33 heavy (non-hydrogen) atoms. The topological polar surface area (TPSA) is 93.5 Å². The SMILES string of the molecule is Cc1nc2c(F)cc(-c3[nH]nc4ncc(-c5cccc(S(C)(=O)=O)c5)cc34)cc2n1C(C)C. The molecule has 9 heteroatoms. The molecule has 5 aromatic rings. The second-order valence-corrected chi connectivity index (χ2v) is 10.5. The highest BCUT2D eigenvalue weighted by Crippen LogP contribution is 2.33. The maximum atomic E-state index is 15.0. The Balaban J connectivity index is 1.69. The number of halogens is 1. The molecule has 168 valence electrons. The number of imidazole rings is 1. The van der Waals surface area contributed by atoms with Crippen LogP contribution in [0.1, 0.15) is 25.7 Å². The van der Waals surface area contributed by atoms with Gasteiger partial charge >= 0.3 is 0 Å². The molecule has 0 aliphatic carbocycles. The Morgan fingerprint density at radius 1 is 1.06 bits per heavy atom. The van der Waals surface area contributed by atoms with Gasteiger partial charge in [0.05, 0.1) is 16.1 Å². The predicted octanol–water partition coefficient (Wildman–Crippen LogP) is 5.07. The molecule has 0 spiro atoms. The molecule has 0 radical (unpaired) electrons. The van der Waals surface area contributed by atoms with Crippen LogP contribution in [0.5, 0.6) is 0 Å². The van der Waals surface area contributed by atoms with Gasteiger partial charge in [0.15, 0.2) is 21.3 Å². The van der Waals surface area contributed by atoms with Crippen LogP contribution in [0.2, 0.25) is 0 Å². The number of fused-ring (bicyclic) bond motifs is 2. The van der Waals surface area contributed by atoms with Crippen molar-refractivity contribution < 1.29 is 12.8 Å². The maximum Gasteiger partial charge on any atom is 0.181 e. The molecule has 0 saturated heterocycles. The quantitative estimate of drug-likeness (QED) is 0.401. The van der Waals surface area contributed by atoms with E-state index in [0.29, 0.717) is 33.3 Å². The van der Waals surface area contributed by atoms with Crippen LogP contribution in [0.3, 0.4) is 0 Å². The van der Waals surface area contributed by atoms with Crippen molar-refractivity contribution in [1.29, 1.82) is 0 Å². The Hall–Kier alpha value is -3.59. The van der Waals surface area contributed by atoms with Crippen molar-refractivity contribution in [2.45, 2.75) is 31.7 Å². The van der Waals surface area contributed by atoms with E-state index >= 15 is 4.39 Å². The summed E-state index contributed by atoms with van der Waals surface area (Å²) in [6.07, 6.45) is 2.82. The minimum atomic E-state index is -3.34. The van der Waals surface area contributed by atoms with Crippen molar-refractivity contribution in [3.63, 3.8) is 0 Å². The van der Waals surface area contributed by atoms with Gasteiger partial charge in [0, 0.05) is 35.0 Å². The average molecular weight is 464 g/mol. The first-order valence-corrected chi connectivity index (χ1v) is 12.4. The Labute approximate surface area is 190 Å². The molecular weight excluding hydrogens is 441 g/mol. The summed E-state index contributed by atoms with van der Waals surface area (Å²) in [6, 6.07) is 12.1. The fourth-order valence-corrected chi connectivity index (χ4v) is 4.92. The van der Waals surface area contributed by atoms with Crippen molar-refractivity contribution in [1.82, 2.24) is 24.7 Å². The number of aryl methyl sites for hydroxylation is 1. The minimum Gasteiger partial charge on any atom is -0.326 e. The van der Waals surface area contributed by atoms with Gasteiger partial charge in [-0.25, -0.2) is 22.8 Å². The van der Waals surface area contributed by atoms with Crippen LogP contribution in [0.15, 0.2) is 53.6 Å². The highest BCUT2D eigenvalue weighted by Gasteiger charge is 2.18. The van der Waals surface area contributed by atoms with Gasteiger partial charge in [0.2, 0.25) is 0 Å². The smallest absolute Gasteiger partial charge is 0.181 e. The van der Waals surface area contributed by atoms with Crippen molar-refractivity contribution in [2.24, 2.45) is 0 Å². The second-order valence-electron chi connectivity index (χ2n) is 8.44. The fourth-order valence-electron chi connectivity index (χ4n) is 4.25. The number of H-pyrrole nitrogens is 1. The molecule has 0 bridgehead atoms. The number of sulfone groups is 1. The van der Waals surface area contributed by atoms with Gasteiger partial charge in [-0.2, -0.15) is 5.10 Å². The molecule has 0 aliphatic rings. The number of benzene rings is 2. The van der Waals surface area contributed by atoms with Crippen molar-refractivity contribution >= 4 is 31.9 Å². The van der Waals surface area contributed by atoms with Crippen LogP contribution in [0.4, 0.5) is 4.39 Å². The summed E-state index contributed by atoms with van der Waals surface area (Å²) in [5, 5.41) is 7.98. The van der Waals surface area contributed by atoms with E-state index in [1.54, 1.807) is 24.4 Å². The van der Waals surface area contributed by atoms with Gasteiger partial charge in [-0.3, -0.25) is 5.10 Å². The number of pyridine rings is 1. The van der Waals surface area contributed by atoms with Crippen LogP contribution in [-0.2, 0) is 9.84 Å². The number of hydrogen-bond donors (Lipinski definition) is 1. The van der Waals surface area contributed by atoms with E-state index in [1.807, 2.05) is 43.5 Å². The van der Waals surface area contributed by atoms with Gasteiger partial charge in [0.25, 0.3) is 0 Å². The number of rotatable bonds is 4. The second kappa shape index (κ2) is 7.48. The highest BCUT2D eigenvalue weighted by atomic mass is 32.2. The Morgan fingerprint density at radius 3 is 2.58 bits per heavy atom. The number of aromatic nitrogens is 5. The van der Waals surface area contributed by atoms with E-state index in [-0.39, 0.29) is 10.9 Å². The summed E-state index contributed by atoms with van der Waals surface area (Å²) in [5.74, 6) is 0.345. The van der Waals surface area contributed by atoms with E-state index < -0.39 is 15.7 Å². The summed E-state index contributed by atoms with van der Waals surface area (Å²) >= 11 is 0. The minimum absolute atomic E-state index is 0.124. The monoisotopic (exact) mass is 463 g/mol. The summed E-state index contributed by atoms with van der Waals surface area (Å²) in [4.78, 5) is 9.06. The lowest BCUT2D eigenvalue weighted by molar-refractivity contribution is 0.599. The Bertz CT molecular complexity index is 1650. The highest BCUT2D eigenvalue weighted by molar-refractivity contribution is 7.90. The third-order valence-electron chi connectivity index (χ3n) is 5.74. The van der Waals surface area contributed by atoms with E-state index in [4.69, 9.17) is 0 Å². The van der Waals surface area contributed by atoms with Gasteiger partial charge in [0.1, 0.15) is 11.3 Å². The molecule has 5 rings (SSSR count). The molecule has 0 saturated carbocycles. The first-order valence-electron chi connectivity index (χ1n) is 10.5. The molecule has 0 fully saturated rings. The first-order chi connectivity index (χ1) is 15.6. The largest absolute Gasteiger partial charge is 0.326 e. The molecular formula is C24H22FN5O2S. The van der Waals surface area contributed by atoms with Crippen LogP contribution in [-0.4, -0.2) is 39.4 Å². The molecule has 0 unspecified atom stereocenters. The molecule has 0 atom stereocenters. The predicted molar refractivity (Wildman–Crippen MR) is 126 cm³/mol. The normalized spacial score (nSPS) is 12.3. The van der Waals surface area contributed by atoms with Crippen LogP contribution >= 0.6 is 0 Å². The van der Waals surface area contributed by atoms with Gasteiger partial charge in [-0.05, 0) is 56.7 Å². The average Bonchev–Trinajstić information content (AvgIpc) is 3.33. The molecule has 2 aromatic carbocycles. The summed E-state index contributed by atoms with van der Waals surface area (Å²) in [5.41, 5.74) is 4.26. The number of nitrogens with one attached hydrogen (secondary N) is 1. The van der Waals surface area contributed by atoms with E-state index in [0.717, 1.165) is 17.0 Å². The van der Waals surface area contributed by atoms with Gasteiger partial charge < -0.3 is 4.57 Å². The van der Waals surface area contributed by atoms with Crippen LogP contribution in [0.25, 0.3) is 44.5 Å². The molecule has 0 aliphatic heterocycles.